The average Bonchev–Trinajstić information content (AvgIpc) is 2.07. The Hall–Kier alpha value is -1.02. The minimum atomic E-state index is -0.0394. The van der Waals surface area contributed by atoms with Gasteiger partial charge in [0.2, 0.25) is 0 Å². The van der Waals surface area contributed by atoms with Crippen molar-refractivity contribution in [2.45, 2.75) is 20.8 Å². The van der Waals surface area contributed by atoms with Crippen LogP contribution in [0.5, 0.6) is 5.75 Å². The molecule has 0 aromatic heterocycles. The summed E-state index contributed by atoms with van der Waals surface area (Å²) in [5.74, 6) is 0.0201. The molecule has 0 amide bonds. The second kappa shape index (κ2) is 3.38. The number of rotatable bonds is 1. The molecule has 70 valence electrons. The number of Topliss-reactive ketones (excluding diaryl/α,β-unsaturated/α-hetero) is 1. The lowest BCUT2D eigenvalue weighted by atomic mass is 10.0. The Balaban J connectivity index is 3.50. The van der Waals surface area contributed by atoms with Crippen molar-refractivity contribution in [3.8, 4) is 5.75 Å². The number of aromatic hydroxyl groups is 1. The maximum absolute atomic E-state index is 11.1. The molecule has 0 aliphatic rings. The number of carbonyl (C=O) groups is 1. The molecule has 0 unspecified atom stereocenters. The Kier molecular flexibility index (Phi) is 2.62. The first-order chi connectivity index (χ1) is 5.95. The zero-order valence-electron chi connectivity index (χ0n) is 7.81. The minimum absolute atomic E-state index is 0.0394. The molecule has 0 fully saturated rings. The summed E-state index contributed by atoms with van der Waals surface area (Å²) in [6.07, 6.45) is 0. The van der Waals surface area contributed by atoms with E-state index in [-0.39, 0.29) is 16.6 Å². The Morgan fingerprint density at radius 1 is 1.46 bits per heavy atom. The highest BCUT2D eigenvalue weighted by Crippen LogP contribution is 2.32. The second-order valence-electron chi connectivity index (χ2n) is 3.08. The molecule has 0 radical (unpaired) electrons. The highest BCUT2D eigenvalue weighted by Gasteiger charge is 2.12. The van der Waals surface area contributed by atoms with E-state index in [1.165, 1.54) is 6.92 Å². The maximum atomic E-state index is 11.1. The minimum Gasteiger partial charge on any atom is -0.506 e. The molecule has 1 N–H and O–H groups in total. The summed E-state index contributed by atoms with van der Waals surface area (Å²) in [6, 6.07) is 1.65. The van der Waals surface area contributed by atoms with Crippen LogP contribution >= 0.6 is 11.6 Å². The van der Waals surface area contributed by atoms with Gasteiger partial charge in [0.1, 0.15) is 5.75 Å². The van der Waals surface area contributed by atoms with Gasteiger partial charge in [-0.1, -0.05) is 11.6 Å². The summed E-state index contributed by atoms with van der Waals surface area (Å²) >= 11 is 5.83. The molecule has 0 saturated heterocycles. The van der Waals surface area contributed by atoms with Gasteiger partial charge in [-0.2, -0.15) is 0 Å². The fraction of sp³-hybridized carbons (Fsp3) is 0.300. The van der Waals surface area contributed by atoms with E-state index in [4.69, 9.17) is 11.6 Å². The number of phenolic OH excluding ortho intramolecular Hbond substituents is 1. The highest BCUT2D eigenvalue weighted by atomic mass is 35.5. The Labute approximate surface area is 82.2 Å². The van der Waals surface area contributed by atoms with E-state index < -0.39 is 0 Å². The first kappa shape index (κ1) is 10.1. The van der Waals surface area contributed by atoms with Gasteiger partial charge in [0.05, 0.1) is 5.02 Å². The van der Waals surface area contributed by atoms with Crippen molar-refractivity contribution in [3.05, 3.63) is 27.8 Å². The predicted octanol–water partition coefficient (Wildman–Crippen LogP) is 2.87. The van der Waals surface area contributed by atoms with Crippen molar-refractivity contribution in [2.75, 3.05) is 0 Å². The van der Waals surface area contributed by atoms with Crippen LogP contribution in [0.3, 0.4) is 0 Å². The molecular formula is C10H11ClO2. The SMILES string of the molecule is CC(=O)c1cc(C)c(O)c(Cl)c1C. The zero-order valence-corrected chi connectivity index (χ0v) is 8.57. The second-order valence-corrected chi connectivity index (χ2v) is 3.46. The molecule has 0 aliphatic heterocycles. The third-order valence-electron chi connectivity index (χ3n) is 2.05. The third kappa shape index (κ3) is 1.68. The van der Waals surface area contributed by atoms with E-state index in [1.54, 1.807) is 19.9 Å². The number of hydrogen-bond donors (Lipinski definition) is 1. The van der Waals surface area contributed by atoms with Crippen molar-refractivity contribution in [3.63, 3.8) is 0 Å². The lowest BCUT2D eigenvalue weighted by molar-refractivity contribution is 0.101. The van der Waals surface area contributed by atoms with Crippen molar-refractivity contribution in [2.24, 2.45) is 0 Å². The van der Waals surface area contributed by atoms with Crippen LogP contribution in [0.25, 0.3) is 0 Å². The van der Waals surface area contributed by atoms with Gasteiger partial charge in [0, 0.05) is 5.56 Å². The summed E-state index contributed by atoms with van der Waals surface area (Å²) in [6.45, 7) is 4.92. The van der Waals surface area contributed by atoms with Crippen molar-refractivity contribution in [1.29, 1.82) is 0 Å². The van der Waals surface area contributed by atoms with E-state index in [0.717, 1.165) is 0 Å². The number of ketones is 1. The van der Waals surface area contributed by atoms with Gasteiger partial charge < -0.3 is 5.11 Å². The molecule has 13 heavy (non-hydrogen) atoms. The monoisotopic (exact) mass is 198 g/mol. The first-order valence-corrected chi connectivity index (χ1v) is 4.32. The van der Waals surface area contributed by atoms with Crippen LogP contribution in [0.1, 0.15) is 28.4 Å². The third-order valence-corrected chi connectivity index (χ3v) is 2.52. The molecule has 3 heteroatoms. The van der Waals surface area contributed by atoms with E-state index in [0.29, 0.717) is 16.7 Å². The normalized spacial score (nSPS) is 10.2. The molecule has 0 aliphatic carbocycles. The number of benzene rings is 1. The van der Waals surface area contributed by atoms with Gasteiger partial charge in [-0.05, 0) is 38.0 Å². The lowest BCUT2D eigenvalue weighted by Gasteiger charge is -2.08. The van der Waals surface area contributed by atoms with Crippen molar-refractivity contribution >= 4 is 17.4 Å². The fourth-order valence-corrected chi connectivity index (χ4v) is 1.48. The van der Waals surface area contributed by atoms with Gasteiger partial charge in [-0.25, -0.2) is 0 Å². The molecule has 0 bridgehead atoms. The molecular weight excluding hydrogens is 188 g/mol. The molecule has 1 rings (SSSR count). The fourth-order valence-electron chi connectivity index (χ4n) is 1.23. The number of aryl methyl sites for hydroxylation is 1. The Morgan fingerprint density at radius 2 is 2.00 bits per heavy atom. The van der Waals surface area contributed by atoms with Gasteiger partial charge in [-0.15, -0.1) is 0 Å². The lowest BCUT2D eigenvalue weighted by Crippen LogP contribution is -1.98. The Morgan fingerprint density at radius 3 is 2.46 bits per heavy atom. The zero-order chi connectivity index (χ0) is 10.2. The highest BCUT2D eigenvalue weighted by molar-refractivity contribution is 6.33. The van der Waals surface area contributed by atoms with Crippen LogP contribution in [-0.4, -0.2) is 10.9 Å². The van der Waals surface area contributed by atoms with Crippen molar-refractivity contribution in [1.82, 2.24) is 0 Å². The number of carbonyl (C=O) groups excluding carboxylic acids is 1. The molecule has 2 nitrogen and oxygen atoms in total. The summed E-state index contributed by atoms with van der Waals surface area (Å²) < 4.78 is 0. The van der Waals surface area contributed by atoms with Gasteiger partial charge in [0.15, 0.2) is 5.78 Å². The predicted molar refractivity (Wildman–Crippen MR) is 52.6 cm³/mol. The van der Waals surface area contributed by atoms with E-state index >= 15 is 0 Å². The van der Waals surface area contributed by atoms with Gasteiger partial charge in [-0.3, -0.25) is 4.79 Å². The summed E-state index contributed by atoms with van der Waals surface area (Å²) in [4.78, 5) is 11.1. The molecule has 0 spiro atoms. The maximum Gasteiger partial charge on any atom is 0.160 e. The van der Waals surface area contributed by atoms with E-state index in [1.807, 2.05) is 0 Å². The van der Waals surface area contributed by atoms with Crippen LogP contribution in [0.2, 0.25) is 5.02 Å². The standard InChI is InChI=1S/C10H11ClO2/c1-5-4-8(7(3)12)6(2)9(11)10(5)13/h4,13H,1-3H3. The summed E-state index contributed by atoms with van der Waals surface area (Å²) in [5.41, 5.74) is 1.83. The molecule has 0 atom stereocenters. The van der Waals surface area contributed by atoms with Crippen LogP contribution in [0.4, 0.5) is 0 Å². The summed E-state index contributed by atoms with van der Waals surface area (Å²) in [5, 5.41) is 9.72. The van der Waals surface area contributed by atoms with E-state index in [9.17, 15) is 9.90 Å². The average molecular weight is 199 g/mol. The van der Waals surface area contributed by atoms with Crippen LogP contribution in [-0.2, 0) is 0 Å². The first-order valence-electron chi connectivity index (χ1n) is 3.94. The molecule has 1 aromatic carbocycles. The largest absolute Gasteiger partial charge is 0.506 e. The van der Waals surface area contributed by atoms with Gasteiger partial charge in [0.25, 0.3) is 0 Å². The molecule has 0 saturated carbocycles. The number of phenols is 1. The van der Waals surface area contributed by atoms with E-state index in [2.05, 4.69) is 0 Å². The van der Waals surface area contributed by atoms with Crippen LogP contribution in [0, 0.1) is 13.8 Å². The van der Waals surface area contributed by atoms with Crippen LogP contribution in [0.15, 0.2) is 6.07 Å². The quantitative estimate of drug-likeness (QED) is 0.705. The Bertz CT molecular complexity index is 370. The smallest absolute Gasteiger partial charge is 0.160 e. The van der Waals surface area contributed by atoms with Gasteiger partial charge >= 0.3 is 0 Å². The van der Waals surface area contributed by atoms with Crippen LogP contribution < -0.4 is 0 Å². The molecule has 1 aromatic rings. The number of hydrogen-bond acceptors (Lipinski definition) is 2. The topological polar surface area (TPSA) is 37.3 Å². The number of halogens is 1. The molecule has 0 heterocycles. The van der Waals surface area contributed by atoms with Crippen molar-refractivity contribution < 1.29 is 9.90 Å². The summed E-state index contributed by atoms with van der Waals surface area (Å²) in [7, 11) is 0.